The minimum Gasteiger partial charge on any atom is -0.379 e. The number of urea groups is 1. The summed E-state index contributed by atoms with van der Waals surface area (Å²) in [5, 5.41) is 0. The summed E-state index contributed by atoms with van der Waals surface area (Å²) in [7, 11) is -3.89. The molecule has 3 rings (SSSR count). The molecule has 0 saturated carbocycles. The van der Waals surface area contributed by atoms with Crippen LogP contribution in [0.2, 0.25) is 0 Å². The third-order valence-electron chi connectivity index (χ3n) is 5.49. The molecule has 1 atom stereocenters. The third-order valence-corrected chi connectivity index (χ3v) is 6.82. The number of rotatable bonds is 7. The molecule has 2 amide bonds. The van der Waals surface area contributed by atoms with E-state index in [-0.39, 0.29) is 4.90 Å². The molecular formula is C21H31N3O4S. The topological polar surface area (TPSA) is 79.0 Å². The van der Waals surface area contributed by atoms with E-state index in [1.807, 2.05) is 6.92 Å². The molecule has 1 N–H and O–H groups in total. The van der Waals surface area contributed by atoms with Crippen molar-refractivity contribution in [3.63, 3.8) is 0 Å². The molecule has 1 aliphatic carbocycles. The molecule has 8 heteroatoms. The Bertz CT molecular complexity index is 802. The van der Waals surface area contributed by atoms with E-state index in [1.54, 1.807) is 17.0 Å². The Hall–Kier alpha value is -1.90. The molecule has 1 heterocycles. The highest BCUT2D eigenvalue weighted by Gasteiger charge is 2.25. The summed E-state index contributed by atoms with van der Waals surface area (Å²) in [6.45, 7) is 6.72. The molecule has 0 aromatic heterocycles. The van der Waals surface area contributed by atoms with Crippen molar-refractivity contribution in [1.82, 2.24) is 14.5 Å². The number of hydrogen-bond donors (Lipinski definition) is 1. The Labute approximate surface area is 173 Å². The fraction of sp³-hybridized carbons (Fsp3) is 0.571. The van der Waals surface area contributed by atoms with Gasteiger partial charge in [-0.15, -0.1) is 0 Å². The van der Waals surface area contributed by atoms with Crippen molar-refractivity contribution in [2.75, 3.05) is 45.9 Å². The molecule has 1 aromatic carbocycles. The fourth-order valence-electron chi connectivity index (χ4n) is 3.65. The van der Waals surface area contributed by atoms with E-state index in [2.05, 4.69) is 21.8 Å². The number of carbonyl (C=O) groups is 1. The molecule has 1 unspecified atom stereocenters. The zero-order valence-electron chi connectivity index (χ0n) is 17.0. The van der Waals surface area contributed by atoms with Crippen LogP contribution in [0.25, 0.3) is 0 Å². The van der Waals surface area contributed by atoms with Crippen LogP contribution in [0, 0.1) is 12.8 Å². The standard InChI is InChI=1S/C21H31N3O4S/c1-18-7-9-20(10-8-18)29(26,27)22-21(25)24(17-19-5-3-2-4-6-19)12-11-23-13-15-28-16-14-23/h2-3,7-10,19H,4-6,11-17H2,1H3,(H,22,25). The summed E-state index contributed by atoms with van der Waals surface area (Å²) in [5.41, 5.74) is 0.966. The lowest BCUT2D eigenvalue weighted by Crippen LogP contribution is -2.49. The molecular weight excluding hydrogens is 390 g/mol. The first-order chi connectivity index (χ1) is 13.9. The van der Waals surface area contributed by atoms with E-state index in [0.29, 0.717) is 38.8 Å². The van der Waals surface area contributed by atoms with E-state index >= 15 is 0 Å². The average molecular weight is 422 g/mol. The first kappa shape index (κ1) is 21.8. The van der Waals surface area contributed by atoms with Crippen LogP contribution in [0.15, 0.2) is 41.3 Å². The lowest BCUT2D eigenvalue weighted by atomic mass is 9.94. The second-order valence-corrected chi connectivity index (χ2v) is 9.46. The van der Waals surface area contributed by atoms with Crippen molar-refractivity contribution in [2.45, 2.75) is 31.1 Å². The zero-order chi connectivity index (χ0) is 20.7. The number of amides is 2. The maximum atomic E-state index is 12.9. The van der Waals surface area contributed by atoms with Crippen LogP contribution in [0.1, 0.15) is 24.8 Å². The fourth-order valence-corrected chi connectivity index (χ4v) is 4.62. The molecule has 1 saturated heterocycles. The number of morpholine rings is 1. The number of nitrogens with one attached hydrogen (secondary N) is 1. The predicted molar refractivity (Wildman–Crippen MR) is 112 cm³/mol. The number of allylic oxidation sites excluding steroid dienone is 2. The molecule has 1 aromatic rings. The SMILES string of the molecule is Cc1ccc(S(=O)(=O)NC(=O)N(CCN2CCOCC2)CC2CC=CCC2)cc1. The van der Waals surface area contributed by atoms with E-state index < -0.39 is 16.1 Å². The number of hydrogen-bond acceptors (Lipinski definition) is 5. The Morgan fingerprint density at radius 1 is 1.21 bits per heavy atom. The van der Waals surface area contributed by atoms with Crippen LogP contribution in [0.5, 0.6) is 0 Å². The van der Waals surface area contributed by atoms with Crippen molar-refractivity contribution in [3.8, 4) is 0 Å². The van der Waals surface area contributed by atoms with E-state index in [9.17, 15) is 13.2 Å². The monoisotopic (exact) mass is 421 g/mol. The van der Waals surface area contributed by atoms with Gasteiger partial charge in [0.25, 0.3) is 10.0 Å². The first-order valence-electron chi connectivity index (χ1n) is 10.3. The van der Waals surface area contributed by atoms with Gasteiger partial charge in [-0.2, -0.15) is 0 Å². The molecule has 1 fully saturated rings. The normalized spacial score (nSPS) is 20.4. The molecule has 0 spiro atoms. The third kappa shape index (κ3) is 6.55. The molecule has 2 aliphatic rings. The van der Waals surface area contributed by atoms with Crippen molar-refractivity contribution < 1.29 is 17.9 Å². The number of benzene rings is 1. The van der Waals surface area contributed by atoms with Gasteiger partial charge in [-0.3, -0.25) is 4.90 Å². The van der Waals surface area contributed by atoms with Crippen LogP contribution in [0.4, 0.5) is 4.79 Å². The number of nitrogens with zero attached hydrogens (tertiary/aromatic N) is 2. The lowest BCUT2D eigenvalue weighted by Gasteiger charge is -2.32. The molecule has 29 heavy (non-hydrogen) atoms. The van der Waals surface area contributed by atoms with Crippen molar-refractivity contribution in [2.24, 2.45) is 5.92 Å². The van der Waals surface area contributed by atoms with E-state index in [0.717, 1.165) is 37.9 Å². The highest BCUT2D eigenvalue weighted by Crippen LogP contribution is 2.20. The van der Waals surface area contributed by atoms with Gasteiger partial charge in [-0.05, 0) is 44.2 Å². The lowest BCUT2D eigenvalue weighted by molar-refractivity contribution is 0.0344. The summed E-state index contributed by atoms with van der Waals surface area (Å²) in [6, 6.07) is 5.95. The minimum atomic E-state index is -3.89. The van der Waals surface area contributed by atoms with Crippen LogP contribution in [-0.2, 0) is 14.8 Å². The van der Waals surface area contributed by atoms with Crippen LogP contribution in [-0.4, -0.2) is 70.2 Å². The quantitative estimate of drug-likeness (QED) is 0.684. The van der Waals surface area contributed by atoms with Crippen molar-refractivity contribution >= 4 is 16.1 Å². The number of carbonyl (C=O) groups excluding carboxylic acids is 1. The van der Waals surface area contributed by atoms with Gasteiger partial charge in [0.1, 0.15) is 0 Å². The Kier molecular flexibility index (Phi) is 7.69. The summed E-state index contributed by atoms with van der Waals surface area (Å²) in [6.07, 6.45) is 7.26. The summed E-state index contributed by atoms with van der Waals surface area (Å²) < 4.78 is 33.0. The maximum absolute atomic E-state index is 12.9. The maximum Gasteiger partial charge on any atom is 0.331 e. The van der Waals surface area contributed by atoms with Gasteiger partial charge in [-0.1, -0.05) is 29.8 Å². The van der Waals surface area contributed by atoms with Crippen molar-refractivity contribution in [3.05, 3.63) is 42.0 Å². The van der Waals surface area contributed by atoms with Gasteiger partial charge in [0, 0.05) is 32.7 Å². The molecule has 0 radical (unpaired) electrons. The van der Waals surface area contributed by atoms with Gasteiger partial charge in [0.15, 0.2) is 0 Å². The molecule has 160 valence electrons. The second-order valence-electron chi connectivity index (χ2n) is 7.77. The number of sulfonamides is 1. The van der Waals surface area contributed by atoms with Crippen molar-refractivity contribution in [1.29, 1.82) is 0 Å². The summed E-state index contributed by atoms with van der Waals surface area (Å²) in [4.78, 5) is 16.9. The Morgan fingerprint density at radius 3 is 2.59 bits per heavy atom. The highest BCUT2D eigenvalue weighted by molar-refractivity contribution is 7.90. The van der Waals surface area contributed by atoms with Gasteiger partial charge < -0.3 is 9.64 Å². The predicted octanol–water partition coefficient (Wildman–Crippen LogP) is 2.38. The van der Waals surface area contributed by atoms with Gasteiger partial charge in [0.05, 0.1) is 18.1 Å². The Balaban J connectivity index is 1.66. The van der Waals surface area contributed by atoms with Gasteiger partial charge >= 0.3 is 6.03 Å². The zero-order valence-corrected chi connectivity index (χ0v) is 17.9. The largest absolute Gasteiger partial charge is 0.379 e. The minimum absolute atomic E-state index is 0.102. The highest BCUT2D eigenvalue weighted by atomic mass is 32.2. The van der Waals surface area contributed by atoms with Gasteiger partial charge in [-0.25, -0.2) is 17.9 Å². The number of aryl methyl sites for hydroxylation is 1. The van der Waals surface area contributed by atoms with Crippen LogP contribution < -0.4 is 4.72 Å². The van der Waals surface area contributed by atoms with Crippen LogP contribution in [0.3, 0.4) is 0 Å². The van der Waals surface area contributed by atoms with E-state index in [4.69, 9.17) is 4.74 Å². The summed E-state index contributed by atoms with van der Waals surface area (Å²) >= 11 is 0. The molecule has 1 aliphatic heterocycles. The number of ether oxygens (including phenoxy) is 1. The summed E-state index contributed by atoms with van der Waals surface area (Å²) in [5.74, 6) is 0.359. The van der Waals surface area contributed by atoms with Gasteiger partial charge in [0.2, 0.25) is 0 Å². The average Bonchev–Trinajstić information content (AvgIpc) is 2.72. The second kappa shape index (κ2) is 10.2. The van der Waals surface area contributed by atoms with Crippen LogP contribution >= 0.6 is 0 Å². The first-order valence-corrected chi connectivity index (χ1v) is 11.8. The smallest absolute Gasteiger partial charge is 0.331 e. The van der Waals surface area contributed by atoms with E-state index in [1.165, 1.54) is 12.1 Å². The molecule has 0 bridgehead atoms. The molecule has 7 nitrogen and oxygen atoms in total. The Morgan fingerprint density at radius 2 is 1.93 bits per heavy atom.